The van der Waals surface area contributed by atoms with Gasteiger partial charge in [-0.25, -0.2) is 4.39 Å². The van der Waals surface area contributed by atoms with E-state index in [0.717, 1.165) is 15.0 Å². The third-order valence-electron chi connectivity index (χ3n) is 2.82. The van der Waals surface area contributed by atoms with Crippen molar-refractivity contribution in [2.24, 2.45) is 12.8 Å². The van der Waals surface area contributed by atoms with Gasteiger partial charge in [-0.2, -0.15) is 4.80 Å². The first-order valence-electron chi connectivity index (χ1n) is 5.79. The van der Waals surface area contributed by atoms with Crippen molar-refractivity contribution in [2.75, 3.05) is 0 Å². The molecule has 0 fully saturated rings. The van der Waals surface area contributed by atoms with Gasteiger partial charge in [0.1, 0.15) is 5.82 Å². The second-order valence-corrected chi connectivity index (χ2v) is 5.45. The number of thiophene rings is 1. The van der Waals surface area contributed by atoms with Gasteiger partial charge in [-0.15, -0.1) is 21.5 Å². The van der Waals surface area contributed by atoms with Gasteiger partial charge in [-0.3, -0.25) is 0 Å². The number of aromatic nitrogens is 4. The summed E-state index contributed by atoms with van der Waals surface area (Å²) in [5.41, 5.74) is 6.14. The average Bonchev–Trinajstić information content (AvgIpc) is 2.95. The number of fused-ring (bicyclic) bond motifs is 1. The van der Waals surface area contributed by atoms with Crippen LogP contribution in [-0.4, -0.2) is 20.2 Å². The zero-order valence-electron chi connectivity index (χ0n) is 10.2. The fraction of sp³-hybridized carbons (Fsp3) is 0.250. The van der Waals surface area contributed by atoms with Crippen molar-refractivity contribution in [1.82, 2.24) is 20.2 Å². The molecule has 5 nitrogen and oxygen atoms in total. The van der Waals surface area contributed by atoms with E-state index in [1.54, 1.807) is 24.5 Å². The Balaban J connectivity index is 1.86. The summed E-state index contributed by atoms with van der Waals surface area (Å²) >= 11 is 1.57. The molecule has 2 heterocycles. The summed E-state index contributed by atoms with van der Waals surface area (Å²) < 4.78 is 14.2. The lowest BCUT2D eigenvalue weighted by molar-refractivity contribution is 0.623. The second kappa shape index (κ2) is 4.67. The summed E-state index contributed by atoms with van der Waals surface area (Å²) in [7, 11) is 1.71. The molecule has 1 unspecified atom stereocenters. The van der Waals surface area contributed by atoms with E-state index < -0.39 is 0 Å². The van der Waals surface area contributed by atoms with E-state index in [1.165, 1.54) is 16.9 Å². The van der Waals surface area contributed by atoms with Crippen molar-refractivity contribution in [3.63, 3.8) is 0 Å². The molecule has 19 heavy (non-hydrogen) atoms. The van der Waals surface area contributed by atoms with E-state index in [0.29, 0.717) is 12.2 Å². The fourth-order valence-electron chi connectivity index (χ4n) is 1.92. The van der Waals surface area contributed by atoms with Crippen LogP contribution < -0.4 is 5.73 Å². The van der Waals surface area contributed by atoms with Gasteiger partial charge >= 0.3 is 0 Å². The zero-order chi connectivity index (χ0) is 13.4. The molecule has 2 N–H and O–H groups in total. The predicted octanol–water partition coefficient (Wildman–Crippen LogP) is 1.81. The zero-order valence-corrected chi connectivity index (χ0v) is 11.1. The van der Waals surface area contributed by atoms with Crippen molar-refractivity contribution < 1.29 is 4.39 Å². The lowest BCUT2D eigenvalue weighted by Gasteiger charge is -2.05. The van der Waals surface area contributed by atoms with Crippen molar-refractivity contribution in [3.05, 3.63) is 40.8 Å². The minimum Gasteiger partial charge on any atom is -0.323 e. The van der Waals surface area contributed by atoms with Crippen LogP contribution >= 0.6 is 11.3 Å². The van der Waals surface area contributed by atoms with Crippen LogP contribution in [0.1, 0.15) is 16.7 Å². The Morgan fingerprint density at radius 3 is 3.00 bits per heavy atom. The Morgan fingerprint density at radius 2 is 2.26 bits per heavy atom. The monoisotopic (exact) mass is 277 g/mol. The smallest absolute Gasteiger partial charge is 0.176 e. The summed E-state index contributed by atoms with van der Waals surface area (Å²) in [6, 6.07) is 6.46. The van der Waals surface area contributed by atoms with Crippen LogP contribution in [0.25, 0.3) is 10.1 Å². The molecule has 0 saturated heterocycles. The molecule has 0 saturated carbocycles. The molecule has 0 radical (unpaired) electrons. The number of nitrogens with zero attached hydrogens (tertiary/aromatic N) is 4. The fourth-order valence-corrected chi connectivity index (χ4v) is 2.97. The average molecular weight is 277 g/mol. The lowest BCUT2D eigenvalue weighted by atomic mass is 10.1. The molecule has 0 aliphatic heterocycles. The summed E-state index contributed by atoms with van der Waals surface area (Å²) in [5, 5.41) is 12.7. The van der Waals surface area contributed by atoms with Crippen LogP contribution in [0, 0.1) is 5.82 Å². The quantitative estimate of drug-likeness (QED) is 0.792. The Hall–Kier alpha value is -1.86. The maximum Gasteiger partial charge on any atom is 0.176 e. The number of hydrogen-bond acceptors (Lipinski definition) is 5. The molecule has 0 amide bonds. The normalized spacial score (nSPS) is 13.0. The molecule has 98 valence electrons. The first-order chi connectivity index (χ1) is 9.11. The minimum absolute atomic E-state index is 0.204. The Kier molecular flexibility index (Phi) is 3.00. The van der Waals surface area contributed by atoms with Gasteiger partial charge in [0.2, 0.25) is 0 Å². The van der Waals surface area contributed by atoms with Crippen molar-refractivity contribution in [3.8, 4) is 0 Å². The first kappa shape index (κ1) is 12.2. The van der Waals surface area contributed by atoms with Gasteiger partial charge in [0.25, 0.3) is 0 Å². The van der Waals surface area contributed by atoms with E-state index in [1.807, 2.05) is 6.07 Å². The van der Waals surface area contributed by atoms with Crippen LogP contribution in [0.15, 0.2) is 24.3 Å². The maximum absolute atomic E-state index is 13.1. The van der Waals surface area contributed by atoms with Crippen molar-refractivity contribution >= 4 is 21.4 Å². The second-order valence-electron chi connectivity index (χ2n) is 4.34. The standard InChI is InChI=1S/C12H12FN5S/c1-18-16-12(15-17-18)6-9(14)11-5-7-4-8(13)2-3-10(7)19-11/h2-5,9H,6,14H2,1H3. The molecule has 1 atom stereocenters. The van der Waals surface area contributed by atoms with Gasteiger partial charge in [-0.1, -0.05) is 0 Å². The van der Waals surface area contributed by atoms with Crippen LogP contribution in [0.4, 0.5) is 4.39 Å². The topological polar surface area (TPSA) is 69.6 Å². The van der Waals surface area contributed by atoms with Crippen molar-refractivity contribution in [1.29, 1.82) is 0 Å². The third kappa shape index (κ3) is 2.47. The number of nitrogens with two attached hydrogens (primary N) is 1. The largest absolute Gasteiger partial charge is 0.323 e. The number of hydrogen-bond donors (Lipinski definition) is 1. The molecule has 3 aromatic rings. The van der Waals surface area contributed by atoms with E-state index in [4.69, 9.17) is 5.73 Å². The van der Waals surface area contributed by atoms with E-state index in [9.17, 15) is 4.39 Å². The Labute approximate surface area is 112 Å². The molecule has 0 aliphatic carbocycles. The summed E-state index contributed by atoms with van der Waals surface area (Å²) in [4.78, 5) is 2.40. The van der Waals surface area contributed by atoms with Gasteiger partial charge in [-0.05, 0) is 34.9 Å². The number of rotatable bonds is 3. The minimum atomic E-state index is -0.235. The number of benzene rings is 1. The third-order valence-corrected chi connectivity index (χ3v) is 4.06. The highest BCUT2D eigenvalue weighted by molar-refractivity contribution is 7.19. The number of aryl methyl sites for hydroxylation is 1. The number of halogens is 1. The first-order valence-corrected chi connectivity index (χ1v) is 6.61. The molecular formula is C12H12FN5S. The summed E-state index contributed by atoms with van der Waals surface area (Å²) in [5.74, 6) is 0.375. The van der Waals surface area contributed by atoms with E-state index in [-0.39, 0.29) is 11.9 Å². The molecule has 0 aliphatic rings. The molecule has 0 spiro atoms. The highest BCUT2D eigenvalue weighted by Crippen LogP contribution is 2.30. The van der Waals surface area contributed by atoms with Gasteiger partial charge in [0.15, 0.2) is 5.82 Å². The van der Waals surface area contributed by atoms with Gasteiger partial charge < -0.3 is 5.73 Å². The maximum atomic E-state index is 13.1. The molecule has 1 aromatic carbocycles. The summed E-state index contributed by atoms with van der Waals surface area (Å²) in [6.07, 6.45) is 0.517. The predicted molar refractivity (Wildman–Crippen MR) is 71.2 cm³/mol. The Bertz CT molecular complexity index is 720. The van der Waals surface area contributed by atoms with Crippen LogP contribution in [0.5, 0.6) is 0 Å². The molecule has 7 heteroatoms. The molecule has 0 bridgehead atoms. The number of tetrazole rings is 1. The summed E-state index contributed by atoms with van der Waals surface area (Å²) in [6.45, 7) is 0. The molecule has 3 rings (SSSR count). The van der Waals surface area contributed by atoms with Crippen molar-refractivity contribution in [2.45, 2.75) is 12.5 Å². The Morgan fingerprint density at radius 1 is 1.42 bits per heavy atom. The highest BCUT2D eigenvalue weighted by Gasteiger charge is 2.14. The van der Waals surface area contributed by atoms with E-state index >= 15 is 0 Å². The molecular weight excluding hydrogens is 265 g/mol. The molecule has 2 aromatic heterocycles. The van der Waals surface area contributed by atoms with Gasteiger partial charge in [0, 0.05) is 22.0 Å². The highest BCUT2D eigenvalue weighted by atomic mass is 32.1. The van der Waals surface area contributed by atoms with Crippen LogP contribution in [-0.2, 0) is 13.5 Å². The van der Waals surface area contributed by atoms with Gasteiger partial charge in [0.05, 0.1) is 7.05 Å². The lowest BCUT2D eigenvalue weighted by Crippen LogP contribution is -2.12. The van der Waals surface area contributed by atoms with E-state index in [2.05, 4.69) is 15.4 Å². The SMILES string of the molecule is Cn1nnc(CC(N)c2cc3cc(F)ccc3s2)n1. The van der Waals surface area contributed by atoms with Crippen LogP contribution in [0.3, 0.4) is 0 Å². The van der Waals surface area contributed by atoms with Crippen LogP contribution in [0.2, 0.25) is 0 Å².